The normalized spacial score (nSPS) is 11.3. The first kappa shape index (κ1) is 17.5. The average molecular weight is 598 g/mol. The molecule has 1 rings (SSSR count). The lowest BCUT2D eigenvalue weighted by Gasteiger charge is -2.10. The summed E-state index contributed by atoms with van der Waals surface area (Å²) in [5.74, 6) is 0.566. The van der Waals surface area contributed by atoms with Gasteiger partial charge in [0.2, 0.25) is 0 Å². The molecule has 0 atom stereocenters. The van der Waals surface area contributed by atoms with E-state index in [1.807, 2.05) is 6.92 Å². The van der Waals surface area contributed by atoms with Gasteiger partial charge in [0.25, 0.3) is 0 Å². The summed E-state index contributed by atoms with van der Waals surface area (Å²) in [6, 6.07) is 4.12. The lowest BCUT2D eigenvalue weighted by molar-refractivity contribution is -0.136. The van der Waals surface area contributed by atoms with E-state index < -0.39 is 0 Å². The molecule has 0 saturated heterocycles. The van der Waals surface area contributed by atoms with Crippen LogP contribution in [0.3, 0.4) is 0 Å². The van der Waals surface area contributed by atoms with Crippen molar-refractivity contribution in [2.45, 2.75) is 13.3 Å². The van der Waals surface area contributed by atoms with Gasteiger partial charge in [-0.3, -0.25) is 0 Å². The fraction of sp³-hybridized carbons (Fsp3) is 0.308. The molecule has 1 aromatic rings. The van der Waals surface area contributed by atoms with Crippen LogP contribution in [-0.4, -0.2) is 19.7 Å². The summed E-state index contributed by atoms with van der Waals surface area (Å²) in [7, 11) is 1.39. The van der Waals surface area contributed by atoms with Gasteiger partial charge in [-0.05, 0) is 92.4 Å². The first-order chi connectivity index (χ1) is 8.99. The largest absolute Gasteiger partial charge is 0.487 e. The van der Waals surface area contributed by atoms with Gasteiger partial charge in [0.05, 0.1) is 14.3 Å². The molecule has 0 aliphatic rings. The van der Waals surface area contributed by atoms with Crippen LogP contribution in [0.4, 0.5) is 0 Å². The van der Waals surface area contributed by atoms with Gasteiger partial charge in [-0.25, -0.2) is 4.79 Å². The summed E-state index contributed by atoms with van der Waals surface area (Å²) in [5, 5.41) is 0. The number of carbonyl (C=O) groups excluding carboxylic acids is 1. The number of rotatable bonds is 5. The molecule has 104 valence electrons. The smallest absolute Gasteiger partial charge is 0.333 e. The molecule has 0 N–H and O–H groups in total. The number of benzene rings is 1. The summed E-state index contributed by atoms with van der Waals surface area (Å²) in [6.45, 7) is 2.28. The standard InChI is InChI=1S/C13H13I3O3/c1-3-8(13(17)18-2)4-5-19-12-10(15)6-9(14)7-11(12)16/h4,6-7H,3,5H2,1-2H3. The number of hydrogen-bond donors (Lipinski definition) is 0. The number of esters is 1. The molecule has 0 amide bonds. The van der Waals surface area contributed by atoms with E-state index >= 15 is 0 Å². The van der Waals surface area contributed by atoms with Crippen LogP contribution in [0.1, 0.15) is 13.3 Å². The quantitative estimate of drug-likeness (QED) is 0.287. The third-order valence-electron chi connectivity index (χ3n) is 2.35. The van der Waals surface area contributed by atoms with Crippen LogP contribution >= 0.6 is 67.8 Å². The van der Waals surface area contributed by atoms with Gasteiger partial charge in [-0.15, -0.1) is 0 Å². The highest BCUT2D eigenvalue weighted by Crippen LogP contribution is 2.29. The summed E-state index contributed by atoms with van der Waals surface area (Å²) in [6.07, 6.45) is 2.41. The lowest BCUT2D eigenvalue weighted by atomic mass is 10.2. The number of methoxy groups -OCH3 is 1. The highest BCUT2D eigenvalue weighted by atomic mass is 127. The molecule has 0 unspecified atom stereocenters. The fourth-order valence-corrected chi connectivity index (χ4v) is 5.29. The minimum Gasteiger partial charge on any atom is -0.487 e. The molecule has 6 heteroatoms. The predicted octanol–water partition coefficient (Wildman–Crippen LogP) is 4.39. The van der Waals surface area contributed by atoms with Crippen LogP contribution in [0, 0.1) is 10.7 Å². The Kier molecular flexibility index (Phi) is 7.95. The van der Waals surface area contributed by atoms with Crippen LogP contribution in [0.2, 0.25) is 0 Å². The number of carbonyl (C=O) groups is 1. The van der Waals surface area contributed by atoms with Crippen molar-refractivity contribution >= 4 is 73.7 Å². The Morgan fingerprint density at radius 3 is 2.32 bits per heavy atom. The maximum Gasteiger partial charge on any atom is 0.333 e. The van der Waals surface area contributed by atoms with Crippen LogP contribution in [0.25, 0.3) is 0 Å². The predicted molar refractivity (Wildman–Crippen MR) is 100 cm³/mol. The first-order valence-corrected chi connectivity index (χ1v) is 8.77. The van der Waals surface area contributed by atoms with Gasteiger partial charge >= 0.3 is 5.97 Å². The minimum atomic E-state index is -0.293. The second-order valence-corrected chi connectivity index (χ2v) is 7.15. The van der Waals surface area contributed by atoms with Crippen LogP contribution in [-0.2, 0) is 9.53 Å². The second kappa shape index (κ2) is 8.65. The molecular formula is C13H13I3O3. The van der Waals surface area contributed by atoms with Crippen molar-refractivity contribution < 1.29 is 14.3 Å². The van der Waals surface area contributed by atoms with E-state index in [0.717, 1.165) is 12.9 Å². The molecule has 0 aromatic heterocycles. The van der Waals surface area contributed by atoms with Crippen LogP contribution in [0.5, 0.6) is 5.75 Å². The molecule has 0 aliphatic carbocycles. The molecule has 0 heterocycles. The Morgan fingerprint density at radius 1 is 1.26 bits per heavy atom. The number of halogens is 3. The monoisotopic (exact) mass is 598 g/mol. The molecule has 0 spiro atoms. The van der Waals surface area contributed by atoms with Gasteiger partial charge in [0, 0.05) is 9.14 Å². The Balaban J connectivity index is 2.77. The molecule has 3 nitrogen and oxygen atoms in total. The van der Waals surface area contributed by atoms with Crippen molar-refractivity contribution in [2.75, 3.05) is 13.7 Å². The van der Waals surface area contributed by atoms with Gasteiger partial charge < -0.3 is 9.47 Å². The van der Waals surface area contributed by atoms with Crippen molar-refractivity contribution in [2.24, 2.45) is 0 Å². The van der Waals surface area contributed by atoms with Crippen molar-refractivity contribution in [1.82, 2.24) is 0 Å². The summed E-state index contributed by atoms with van der Waals surface area (Å²) in [5.41, 5.74) is 0.637. The second-order valence-electron chi connectivity index (χ2n) is 3.58. The van der Waals surface area contributed by atoms with E-state index in [0.29, 0.717) is 18.6 Å². The molecule has 0 aliphatic heterocycles. The Morgan fingerprint density at radius 2 is 1.84 bits per heavy atom. The maximum absolute atomic E-state index is 11.4. The summed E-state index contributed by atoms with van der Waals surface area (Å²) >= 11 is 6.78. The van der Waals surface area contributed by atoms with E-state index in [4.69, 9.17) is 9.47 Å². The van der Waals surface area contributed by atoms with Crippen molar-refractivity contribution in [3.8, 4) is 5.75 Å². The Bertz CT molecular complexity index is 475. The van der Waals surface area contributed by atoms with E-state index in [9.17, 15) is 4.79 Å². The topological polar surface area (TPSA) is 35.5 Å². The number of ether oxygens (including phenoxy) is 2. The zero-order valence-electron chi connectivity index (χ0n) is 10.5. The molecule has 1 aromatic carbocycles. The molecule has 19 heavy (non-hydrogen) atoms. The number of hydrogen-bond acceptors (Lipinski definition) is 3. The average Bonchev–Trinajstić information content (AvgIpc) is 2.36. The highest BCUT2D eigenvalue weighted by molar-refractivity contribution is 14.1. The fourth-order valence-electron chi connectivity index (χ4n) is 1.40. The van der Waals surface area contributed by atoms with E-state index in [2.05, 4.69) is 79.9 Å². The zero-order valence-corrected chi connectivity index (χ0v) is 17.0. The summed E-state index contributed by atoms with van der Waals surface area (Å²) < 4.78 is 13.8. The molecule has 0 radical (unpaired) electrons. The lowest BCUT2D eigenvalue weighted by Crippen LogP contribution is -2.07. The third-order valence-corrected chi connectivity index (χ3v) is 4.57. The molecule has 0 saturated carbocycles. The van der Waals surface area contributed by atoms with Crippen molar-refractivity contribution in [1.29, 1.82) is 0 Å². The van der Waals surface area contributed by atoms with Crippen molar-refractivity contribution in [3.05, 3.63) is 34.5 Å². The van der Waals surface area contributed by atoms with E-state index in [1.54, 1.807) is 6.08 Å². The van der Waals surface area contributed by atoms with Crippen LogP contribution in [0.15, 0.2) is 23.8 Å². The Labute approximate surface area is 153 Å². The van der Waals surface area contributed by atoms with Gasteiger partial charge in [0.15, 0.2) is 0 Å². The third kappa shape index (κ3) is 5.37. The summed E-state index contributed by atoms with van der Waals surface area (Å²) in [4.78, 5) is 11.4. The van der Waals surface area contributed by atoms with Gasteiger partial charge in [-0.2, -0.15) is 0 Å². The van der Waals surface area contributed by atoms with Crippen molar-refractivity contribution in [3.63, 3.8) is 0 Å². The maximum atomic E-state index is 11.4. The minimum absolute atomic E-state index is 0.293. The first-order valence-electron chi connectivity index (χ1n) is 5.54. The SMILES string of the molecule is CCC(=CCOc1c(I)cc(I)cc1I)C(=O)OC. The molecule has 0 bridgehead atoms. The van der Waals surface area contributed by atoms with Gasteiger partial charge in [-0.1, -0.05) is 6.92 Å². The zero-order chi connectivity index (χ0) is 14.4. The van der Waals surface area contributed by atoms with E-state index in [-0.39, 0.29) is 5.97 Å². The van der Waals surface area contributed by atoms with Crippen LogP contribution < -0.4 is 4.74 Å². The van der Waals surface area contributed by atoms with Gasteiger partial charge in [0.1, 0.15) is 12.4 Å². The highest BCUT2D eigenvalue weighted by Gasteiger charge is 2.09. The Hall–Kier alpha value is 0.420. The molecule has 0 fully saturated rings. The van der Waals surface area contributed by atoms with E-state index in [1.165, 1.54) is 10.7 Å². The molecular weight excluding hydrogens is 585 g/mol.